The summed E-state index contributed by atoms with van der Waals surface area (Å²) >= 11 is 0. The molecule has 0 aliphatic heterocycles. The number of rotatable bonds is 4. The zero-order chi connectivity index (χ0) is 19.0. The van der Waals surface area contributed by atoms with E-state index in [0.717, 1.165) is 23.2 Å². The molecular formula is C24H24N2O. The number of hydrogen-bond donors (Lipinski definition) is 0. The van der Waals surface area contributed by atoms with Crippen molar-refractivity contribution in [3.63, 3.8) is 0 Å². The third-order valence-corrected chi connectivity index (χ3v) is 5.57. The quantitative estimate of drug-likeness (QED) is 0.685. The van der Waals surface area contributed by atoms with Crippen LogP contribution in [-0.2, 0) is 11.2 Å². The number of aromatic nitrogens is 1. The Bertz CT molecular complexity index is 949. The summed E-state index contributed by atoms with van der Waals surface area (Å²) in [6, 6.07) is 20.7. The van der Waals surface area contributed by atoms with Crippen LogP contribution in [0.15, 0.2) is 66.9 Å². The van der Waals surface area contributed by atoms with Crippen molar-refractivity contribution in [3.05, 3.63) is 89.2 Å². The Morgan fingerprint density at radius 2 is 1.63 bits per heavy atom. The fourth-order valence-electron chi connectivity index (χ4n) is 3.99. The standard InChI is InChI=1S/C24H24N2O/c1-16-12-13-25-18(14-16)15-17(2)26(3)24(27)23-21-10-6-4-8-19(21)20-9-5-7-11-22(20)23/h4-14,17,23H,15H2,1-3H3. The topological polar surface area (TPSA) is 33.2 Å². The number of aryl methyl sites for hydroxylation is 1. The monoisotopic (exact) mass is 356 g/mol. The van der Waals surface area contributed by atoms with Crippen LogP contribution in [0, 0.1) is 6.92 Å². The maximum atomic E-state index is 13.5. The second-order valence-electron chi connectivity index (χ2n) is 7.43. The SMILES string of the molecule is Cc1ccnc(CC(C)N(C)C(=O)C2c3ccccc3-c3ccccc32)c1. The summed E-state index contributed by atoms with van der Waals surface area (Å²) in [6.45, 7) is 4.16. The molecule has 0 radical (unpaired) electrons. The fourth-order valence-corrected chi connectivity index (χ4v) is 3.99. The molecule has 0 N–H and O–H groups in total. The van der Waals surface area contributed by atoms with E-state index < -0.39 is 0 Å². The van der Waals surface area contributed by atoms with Crippen LogP contribution in [0.5, 0.6) is 0 Å². The molecule has 1 heterocycles. The van der Waals surface area contributed by atoms with Gasteiger partial charge in [0.25, 0.3) is 0 Å². The molecule has 0 spiro atoms. The average Bonchev–Trinajstić information content (AvgIpc) is 3.01. The van der Waals surface area contributed by atoms with Gasteiger partial charge < -0.3 is 4.90 Å². The molecule has 0 bridgehead atoms. The third kappa shape index (κ3) is 3.14. The normalized spacial score (nSPS) is 13.7. The van der Waals surface area contributed by atoms with E-state index in [1.807, 2.05) is 48.5 Å². The molecule has 27 heavy (non-hydrogen) atoms. The van der Waals surface area contributed by atoms with Crippen LogP contribution >= 0.6 is 0 Å². The zero-order valence-electron chi connectivity index (χ0n) is 16.0. The van der Waals surface area contributed by atoms with Crippen LogP contribution in [-0.4, -0.2) is 28.9 Å². The minimum absolute atomic E-state index is 0.0757. The summed E-state index contributed by atoms with van der Waals surface area (Å²) in [5, 5.41) is 0. The lowest BCUT2D eigenvalue weighted by atomic mass is 9.94. The molecule has 3 nitrogen and oxygen atoms in total. The zero-order valence-corrected chi connectivity index (χ0v) is 16.0. The molecule has 2 aromatic carbocycles. The van der Waals surface area contributed by atoms with Crippen molar-refractivity contribution in [1.82, 2.24) is 9.88 Å². The van der Waals surface area contributed by atoms with E-state index in [1.165, 1.54) is 16.7 Å². The lowest BCUT2D eigenvalue weighted by Crippen LogP contribution is -2.39. The van der Waals surface area contributed by atoms with E-state index in [9.17, 15) is 4.79 Å². The van der Waals surface area contributed by atoms with Crippen LogP contribution in [0.25, 0.3) is 11.1 Å². The molecule has 0 saturated heterocycles. The number of fused-ring (bicyclic) bond motifs is 3. The van der Waals surface area contributed by atoms with Gasteiger partial charge in [-0.3, -0.25) is 9.78 Å². The van der Waals surface area contributed by atoms with Crippen LogP contribution in [0.2, 0.25) is 0 Å². The Morgan fingerprint density at radius 3 is 2.22 bits per heavy atom. The number of carbonyl (C=O) groups is 1. The molecule has 3 heteroatoms. The lowest BCUT2D eigenvalue weighted by molar-refractivity contribution is -0.132. The summed E-state index contributed by atoms with van der Waals surface area (Å²) in [7, 11) is 1.91. The Hall–Kier alpha value is -2.94. The third-order valence-electron chi connectivity index (χ3n) is 5.57. The molecule has 1 amide bonds. The second kappa shape index (κ2) is 6.99. The van der Waals surface area contributed by atoms with Gasteiger partial charge in [-0.05, 0) is 53.8 Å². The number of carbonyl (C=O) groups excluding carboxylic acids is 1. The van der Waals surface area contributed by atoms with Gasteiger partial charge in [-0.1, -0.05) is 48.5 Å². The maximum Gasteiger partial charge on any atom is 0.234 e. The van der Waals surface area contributed by atoms with Gasteiger partial charge in [-0.15, -0.1) is 0 Å². The Balaban J connectivity index is 1.62. The summed E-state index contributed by atoms with van der Waals surface area (Å²) in [6.07, 6.45) is 2.59. The molecule has 1 atom stereocenters. The van der Waals surface area contributed by atoms with E-state index >= 15 is 0 Å². The lowest BCUT2D eigenvalue weighted by Gasteiger charge is -2.28. The van der Waals surface area contributed by atoms with Crippen LogP contribution < -0.4 is 0 Å². The summed E-state index contributed by atoms with van der Waals surface area (Å²) in [5.41, 5.74) is 6.78. The molecule has 0 fully saturated rings. The van der Waals surface area contributed by atoms with Crippen LogP contribution in [0.3, 0.4) is 0 Å². The molecular weight excluding hydrogens is 332 g/mol. The van der Waals surface area contributed by atoms with Gasteiger partial charge in [-0.2, -0.15) is 0 Å². The number of benzene rings is 2. The van der Waals surface area contributed by atoms with Crippen LogP contribution in [0.1, 0.15) is 35.2 Å². The first-order valence-corrected chi connectivity index (χ1v) is 9.42. The molecule has 3 aromatic rings. The first-order valence-electron chi connectivity index (χ1n) is 9.42. The fraction of sp³-hybridized carbons (Fsp3) is 0.250. The number of likely N-dealkylation sites (N-methyl/N-ethyl adjacent to an activating group) is 1. The Labute approximate surface area is 160 Å². The highest BCUT2D eigenvalue weighted by Gasteiger charge is 2.36. The van der Waals surface area contributed by atoms with E-state index in [-0.39, 0.29) is 17.9 Å². The highest BCUT2D eigenvalue weighted by molar-refractivity contribution is 5.96. The predicted molar refractivity (Wildman–Crippen MR) is 109 cm³/mol. The largest absolute Gasteiger partial charge is 0.342 e. The summed E-state index contributed by atoms with van der Waals surface area (Å²) in [5.74, 6) is -0.0807. The molecule has 136 valence electrons. The Kier molecular flexibility index (Phi) is 4.53. The van der Waals surface area contributed by atoms with E-state index in [4.69, 9.17) is 0 Å². The minimum atomic E-state index is -0.227. The first kappa shape index (κ1) is 17.5. The second-order valence-corrected chi connectivity index (χ2v) is 7.43. The highest BCUT2D eigenvalue weighted by atomic mass is 16.2. The smallest absolute Gasteiger partial charge is 0.234 e. The molecule has 1 unspecified atom stereocenters. The number of nitrogens with zero attached hydrogens (tertiary/aromatic N) is 2. The van der Waals surface area contributed by atoms with Crippen molar-refractivity contribution in [1.29, 1.82) is 0 Å². The summed E-state index contributed by atoms with van der Waals surface area (Å²) in [4.78, 5) is 19.8. The van der Waals surface area contributed by atoms with Crippen molar-refractivity contribution in [3.8, 4) is 11.1 Å². The number of hydrogen-bond acceptors (Lipinski definition) is 2. The molecule has 0 saturated carbocycles. The molecule has 1 aliphatic rings. The minimum Gasteiger partial charge on any atom is -0.342 e. The van der Waals surface area contributed by atoms with Gasteiger partial charge >= 0.3 is 0 Å². The van der Waals surface area contributed by atoms with Gasteiger partial charge in [0.15, 0.2) is 0 Å². The van der Waals surface area contributed by atoms with E-state index in [1.54, 1.807) is 0 Å². The molecule has 4 rings (SSSR count). The maximum absolute atomic E-state index is 13.5. The van der Waals surface area contributed by atoms with Gasteiger partial charge in [0, 0.05) is 31.4 Å². The number of pyridine rings is 1. The van der Waals surface area contributed by atoms with E-state index in [2.05, 4.69) is 49.2 Å². The van der Waals surface area contributed by atoms with Gasteiger partial charge in [0.1, 0.15) is 0 Å². The summed E-state index contributed by atoms with van der Waals surface area (Å²) < 4.78 is 0. The van der Waals surface area contributed by atoms with Crippen molar-refractivity contribution in [2.24, 2.45) is 0 Å². The molecule has 1 aliphatic carbocycles. The first-order chi connectivity index (χ1) is 13.1. The van der Waals surface area contributed by atoms with Crippen molar-refractivity contribution < 1.29 is 4.79 Å². The number of amides is 1. The average molecular weight is 356 g/mol. The van der Waals surface area contributed by atoms with Crippen molar-refractivity contribution in [2.45, 2.75) is 32.2 Å². The highest BCUT2D eigenvalue weighted by Crippen LogP contribution is 2.45. The molecule has 1 aromatic heterocycles. The van der Waals surface area contributed by atoms with Gasteiger partial charge in [0.05, 0.1) is 5.92 Å². The van der Waals surface area contributed by atoms with Crippen molar-refractivity contribution >= 4 is 5.91 Å². The van der Waals surface area contributed by atoms with Crippen molar-refractivity contribution in [2.75, 3.05) is 7.05 Å². The predicted octanol–water partition coefficient (Wildman–Crippen LogP) is 4.59. The Morgan fingerprint density at radius 1 is 1.04 bits per heavy atom. The van der Waals surface area contributed by atoms with Gasteiger partial charge in [-0.25, -0.2) is 0 Å². The van der Waals surface area contributed by atoms with Gasteiger partial charge in [0.2, 0.25) is 5.91 Å². The van der Waals surface area contributed by atoms with Crippen LogP contribution in [0.4, 0.5) is 0 Å². The van der Waals surface area contributed by atoms with E-state index in [0.29, 0.717) is 0 Å².